The molecule has 1 heterocycles. The number of rotatable bonds is 4. The van der Waals surface area contributed by atoms with Crippen LogP contribution in [-0.4, -0.2) is 57.0 Å². The summed E-state index contributed by atoms with van der Waals surface area (Å²) in [6, 6.07) is 0.745. The van der Waals surface area contributed by atoms with E-state index in [1.54, 1.807) is 0 Å². The van der Waals surface area contributed by atoms with E-state index in [1.165, 1.54) is 19.1 Å². The average molecular weight is 246 g/mol. The van der Waals surface area contributed by atoms with Gasteiger partial charge in [-0.2, -0.15) is 0 Å². The zero-order valence-corrected chi connectivity index (χ0v) is 11.0. The highest BCUT2D eigenvalue weighted by Crippen LogP contribution is 2.33. The molecule has 1 saturated heterocycles. The van der Waals surface area contributed by atoms with E-state index in [4.69, 9.17) is 0 Å². The normalized spacial score (nSPS) is 30.2. The fraction of sp³-hybridized carbons (Fsp3) is 1.00. The van der Waals surface area contributed by atoms with Crippen LogP contribution in [0.25, 0.3) is 0 Å². The quantitative estimate of drug-likeness (QED) is 0.764. The molecule has 1 saturated carbocycles. The molecule has 0 spiro atoms. The lowest BCUT2D eigenvalue weighted by atomic mass is 10.1. The average Bonchev–Trinajstić information content (AvgIpc) is 2.98. The van der Waals surface area contributed by atoms with Gasteiger partial charge in [0.05, 0.1) is 5.75 Å². The topological polar surface area (TPSA) is 49.4 Å². The lowest BCUT2D eigenvalue weighted by Gasteiger charge is -2.37. The summed E-state index contributed by atoms with van der Waals surface area (Å²) in [5.41, 5.74) is 0. The van der Waals surface area contributed by atoms with Crippen molar-refractivity contribution in [2.75, 3.05) is 31.6 Å². The standard InChI is InChI=1S/C11H22N2O2S/c1-9(8-16(2,14)15)13-6-5-12-11(7-13)10-3-4-10/h9-12H,3-8H2,1-2H3. The maximum absolute atomic E-state index is 11.3. The molecular weight excluding hydrogens is 224 g/mol. The minimum absolute atomic E-state index is 0.151. The SMILES string of the molecule is CC(CS(C)(=O)=O)N1CCNC(C2CC2)C1. The van der Waals surface area contributed by atoms with Crippen molar-refractivity contribution in [2.45, 2.75) is 31.8 Å². The molecule has 1 aliphatic heterocycles. The predicted octanol–water partition coefficient (Wildman–Crippen LogP) is 0.103. The Morgan fingerprint density at radius 1 is 1.44 bits per heavy atom. The molecule has 0 amide bonds. The first-order valence-electron chi connectivity index (χ1n) is 6.11. The van der Waals surface area contributed by atoms with Crippen molar-refractivity contribution < 1.29 is 8.42 Å². The number of nitrogens with zero attached hydrogens (tertiary/aromatic N) is 1. The smallest absolute Gasteiger partial charge is 0.148 e. The van der Waals surface area contributed by atoms with Crippen LogP contribution >= 0.6 is 0 Å². The summed E-state index contributed by atoms with van der Waals surface area (Å²) in [5.74, 6) is 1.12. The molecule has 0 bridgehead atoms. The van der Waals surface area contributed by atoms with Crippen molar-refractivity contribution in [3.05, 3.63) is 0 Å². The van der Waals surface area contributed by atoms with Gasteiger partial charge in [0.25, 0.3) is 0 Å². The minimum Gasteiger partial charge on any atom is -0.311 e. The van der Waals surface area contributed by atoms with Crippen LogP contribution in [0.2, 0.25) is 0 Å². The summed E-state index contributed by atoms with van der Waals surface area (Å²) in [7, 11) is -2.86. The van der Waals surface area contributed by atoms with Crippen LogP contribution in [0.3, 0.4) is 0 Å². The molecule has 0 radical (unpaired) electrons. The largest absolute Gasteiger partial charge is 0.311 e. The third-order valence-electron chi connectivity index (χ3n) is 3.60. The Labute approximate surface area is 98.3 Å². The van der Waals surface area contributed by atoms with E-state index < -0.39 is 9.84 Å². The molecule has 0 aromatic carbocycles. The second-order valence-corrected chi connectivity index (χ2v) is 7.52. The van der Waals surface area contributed by atoms with Gasteiger partial charge in [-0.1, -0.05) is 0 Å². The second kappa shape index (κ2) is 4.63. The van der Waals surface area contributed by atoms with Crippen molar-refractivity contribution in [1.29, 1.82) is 0 Å². The summed E-state index contributed by atoms with van der Waals surface area (Å²) >= 11 is 0. The van der Waals surface area contributed by atoms with Gasteiger partial charge in [0.2, 0.25) is 0 Å². The predicted molar refractivity (Wildman–Crippen MR) is 65.3 cm³/mol. The van der Waals surface area contributed by atoms with Crippen LogP contribution in [0.1, 0.15) is 19.8 Å². The molecule has 94 valence electrons. The first-order valence-corrected chi connectivity index (χ1v) is 8.17. The van der Waals surface area contributed by atoms with E-state index in [0.717, 1.165) is 25.6 Å². The van der Waals surface area contributed by atoms with Gasteiger partial charge in [-0.15, -0.1) is 0 Å². The van der Waals surface area contributed by atoms with E-state index >= 15 is 0 Å². The Hall–Kier alpha value is -0.130. The Kier molecular flexibility index (Phi) is 3.56. The Morgan fingerprint density at radius 2 is 2.12 bits per heavy atom. The molecule has 2 aliphatic rings. The zero-order valence-electron chi connectivity index (χ0n) is 10.1. The summed E-state index contributed by atoms with van der Waals surface area (Å²) in [6.45, 7) is 5.01. The van der Waals surface area contributed by atoms with Crippen LogP contribution in [0.5, 0.6) is 0 Å². The highest BCUT2D eigenvalue weighted by atomic mass is 32.2. The molecule has 2 atom stereocenters. The molecule has 2 unspecified atom stereocenters. The van der Waals surface area contributed by atoms with Crippen molar-refractivity contribution in [3.63, 3.8) is 0 Å². The highest BCUT2D eigenvalue weighted by Gasteiger charge is 2.35. The number of hydrogen-bond donors (Lipinski definition) is 1. The third kappa shape index (κ3) is 3.43. The zero-order chi connectivity index (χ0) is 11.8. The van der Waals surface area contributed by atoms with Gasteiger partial charge in [-0.3, -0.25) is 4.90 Å². The molecule has 16 heavy (non-hydrogen) atoms. The molecule has 1 N–H and O–H groups in total. The van der Waals surface area contributed by atoms with Gasteiger partial charge in [0.1, 0.15) is 9.84 Å². The van der Waals surface area contributed by atoms with E-state index in [1.807, 2.05) is 6.92 Å². The minimum atomic E-state index is -2.86. The Morgan fingerprint density at radius 3 is 2.69 bits per heavy atom. The van der Waals surface area contributed by atoms with Gasteiger partial charge in [0, 0.05) is 38.0 Å². The third-order valence-corrected chi connectivity index (χ3v) is 4.68. The lowest BCUT2D eigenvalue weighted by molar-refractivity contribution is 0.154. The van der Waals surface area contributed by atoms with E-state index in [2.05, 4.69) is 10.2 Å². The number of nitrogens with one attached hydrogen (secondary N) is 1. The van der Waals surface area contributed by atoms with Gasteiger partial charge >= 0.3 is 0 Å². The van der Waals surface area contributed by atoms with E-state index in [9.17, 15) is 8.42 Å². The molecule has 1 aliphatic carbocycles. The summed E-state index contributed by atoms with van der Waals surface area (Å²) in [4.78, 5) is 2.32. The molecule has 2 rings (SSSR count). The van der Waals surface area contributed by atoms with Crippen molar-refractivity contribution in [2.24, 2.45) is 5.92 Å². The maximum Gasteiger partial charge on any atom is 0.148 e. The first kappa shape index (κ1) is 12.3. The van der Waals surface area contributed by atoms with Crippen LogP contribution in [0.15, 0.2) is 0 Å². The van der Waals surface area contributed by atoms with E-state index in [-0.39, 0.29) is 11.8 Å². The van der Waals surface area contributed by atoms with Gasteiger partial charge < -0.3 is 5.32 Å². The second-order valence-electron chi connectivity index (χ2n) is 5.33. The number of hydrogen-bond acceptors (Lipinski definition) is 4. The van der Waals surface area contributed by atoms with Crippen molar-refractivity contribution >= 4 is 9.84 Å². The van der Waals surface area contributed by atoms with Crippen molar-refractivity contribution in [3.8, 4) is 0 Å². The van der Waals surface area contributed by atoms with E-state index in [0.29, 0.717) is 6.04 Å². The molecule has 5 heteroatoms. The van der Waals surface area contributed by atoms with Crippen LogP contribution < -0.4 is 5.32 Å². The lowest BCUT2D eigenvalue weighted by Crippen LogP contribution is -2.55. The number of sulfone groups is 1. The van der Waals surface area contributed by atoms with Crippen molar-refractivity contribution in [1.82, 2.24) is 10.2 Å². The van der Waals surface area contributed by atoms with Crippen LogP contribution in [0, 0.1) is 5.92 Å². The summed E-state index contributed by atoms with van der Waals surface area (Å²) in [6.07, 6.45) is 4.00. The Bertz CT molecular complexity index is 338. The molecule has 0 aromatic rings. The summed E-state index contributed by atoms with van der Waals surface area (Å²) < 4.78 is 22.5. The molecular formula is C11H22N2O2S. The maximum atomic E-state index is 11.3. The molecule has 2 fully saturated rings. The molecule has 4 nitrogen and oxygen atoms in total. The van der Waals surface area contributed by atoms with Crippen LogP contribution in [0.4, 0.5) is 0 Å². The fourth-order valence-corrected chi connectivity index (χ4v) is 3.65. The fourth-order valence-electron chi connectivity index (χ4n) is 2.56. The van der Waals surface area contributed by atoms with Gasteiger partial charge in [0.15, 0.2) is 0 Å². The number of piperazine rings is 1. The van der Waals surface area contributed by atoms with Crippen LogP contribution in [-0.2, 0) is 9.84 Å². The van der Waals surface area contributed by atoms with Gasteiger partial charge in [-0.05, 0) is 25.7 Å². The first-order chi connectivity index (χ1) is 7.46. The van der Waals surface area contributed by atoms with Gasteiger partial charge in [-0.25, -0.2) is 8.42 Å². The highest BCUT2D eigenvalue weighted by molar-refractivity contribution is 7.90. The monoisotopic (exact) mass is 246 g/mol. The molecule has 0 aromatic heterocycles. The summed E-state index contributed by atoms with van der Waals surface area (Å²) in [5, 5.41) is 3.54. The Balaban J connectivity index is 1.88.